The summed E-state index contributed by atoms with van der Waals surface area (Å²) >= 11 is 0. The van der Waals surface area contributed by atoms with Crippen LogP contribution in [0.3, 0.4) is 0 Å². The number of aryl methyl sites for hydroxylation is 1. The van der Waals surface area contributed by atoms with E-state index in [1.807, 2.05) is 25.1 Å². The van der Waals surface area contributed by atoms with Crippen LogP contribution < -0.4 is 25.0 Å². The number of methoxy groups -OCH3 is 2. The van der Waals surface area contributed by atoms with Crippen LogP contribution in [0.15, 0.2) is 30.6 Å². The molecule has 0 bridgehead atoms. The topological polar surface area (TPSA) is 123 Å². The summed E-state index contributed by atoms with van der Waals surface area (Å²) in [5.41, 5.74) is 1.74. The van der Waals surface area contributed by atoms with Gasteiger partial charge in [-0.05, 0) is 37.5 Å². The Balaban J connectivity index is 1.40. The molecule has 1 atom stereocenters. The monoisotopic (exact) mass is 481 g/mol. The molecule has 186 valence electrons. The number of fused-ring (bicyclic) bond motifs is 1. The van der Waals surface area contributed by atoms with E-state index in [-0.39, 0.29) is 17.9 Å². The summed E-state index contributed by atoms with van der Waals surface area (Å²) in [6, 6.07) is 6.79. The summed E-state index contributed by atoms with van der Waals surface area (Å²) in [5, 5.41) is 10.2. The predicted octanol–water partition coefficient (Wildman–Crippen LogP) is 1.28. The highest BCUT2D eigenvalue weighted by atomic mass is 16.5. The van der Waals surface area contributed by atoms with E-state index in [2.05, 4.69) is 30.6 Å². The lowest BCUT2D eigenvalue weighted by atomic mass is 10.0. The Labute approximate surface area is 203 Å². The minimum Gasteiger partial charge on any atom is -0.493 e. The summed E-state index contributed by atoms with van der Waals surface area (Å²) in [6.45, 7) is 4.86. The average Bonchev–Trinajstić information content (AvgIpc) is 3.31. The number of ether oxygens (including phenoxy) is 2. The van der Waals surface area contributed by atoms with Crippen LogP contribution in [0, 0.1) is 6.92 Å². The number of carbonyl (C=O) groups is 2. The number of carbonyl (C=O) groups excluding carboxylic acids is 2. The fourth-order valence-corrected chi connectivity index (χ4v) is 4.39. The van der Waals surface area contributed by atoms with Gasteiger partial charge in [0.25, 0.3) is 5.78 Å². The molecule has 0 unspecified atom stereocenters. The number of benzene rings is 1. The van der Waals surface area contributed by atoms with Crippen LogP contribution in [0.4, 0.5) is 5.82 Å². The zero-order valence-corrected chi connectivity index (χ0v) is 20.4. The van der Waals surface area contributed by atoms with Gasteiger partial charge in [-0.2, -0.15) is 14.6 Å². The van der Waals surface area contributed by atoms with E-state index in [0.29, 0.717) is 23.7 Å². The van der Waals surface area contributed by atoms with Crippen molar-refractivity contribution in [2.24, 2.45) is 0 Å². The number of aromatic nitrogens is 4. The van der Waals surface area contributed by atoms with Crippen molar-refractivity contribution in [2.75, 3.05) is 32.2 Å². The maximum absolute atomic E-state index is 13.1. The lowest BCUT2D eigenvalue weighted by molar-refractivity contribution is -0.128. The first-order chi connectivity index (χ1) is 16.9. The van der Waals surface area contributed by atoms with Crippen molar-refractivity contribution in [1.82, 2.24) is 30.2 Å². The third kappa shape index (κ3) is 5.61. The highest BCUT2D eigenvalue weighted by Crippen LogP contribution is 2.28. The number of nitrogens with zero attached hydrogens (tertiary/aromatic N) is 5. The van der Waals surface area contributed by atoms with Gasteiger partial charge in [0.05, 0.1) is 14.2 Å². The quantitative estimate of drug-likeness (QED) is 0.493. The largest absolute Gasteiger partial charge is 0.493 e. The Hall–Kier alpha value is -3.89. The van der Waals surface area contributed by atoms with Crippen LogP contribution >= 0.6 is 0 Å². The smallest absolute Gasteiger partial charge is 0.254 e. The summed E-state index contributed by atoms with van der Waals surface area (Å²) in [5.74, 6) is 2.24. The van der Waals surface area contributed by atoms with Crippen LogP contribution in [0.5, 0.6) is 11.5 Å². The molecule has 2 N–H and O–H groups in total. The maximum Gasteiger partial charge on any atom is 0.254 e. The molecule has 35 heavy (non-hydrogen) atoms. The maximum atomic E-state index is 13.1. The van der Waals surface area contributed by atoms with Crippen LogP contribution in [0.2, 0.25) is 0 Å². The molecule has 4 rings (SSSR count). The zero-order chi connectivity index (χ0) is 24.9. The van der Waals surface area contributed by atoms with Gasteiger partial charge in [0.2, 0.25) is 11.8 Å². The van der Waals surface area contributed by atoms with Crippen molar-refractivity contribution >= 4 is 23.4 Å². The van der Waals surface area contributed by atoms with Crippen LogP contribution in [0.1, 0.15) is 31.0 Å². The Morgan fingerprint density at radius 1 is 1.14 bits per heavy atom. The normalized spacial score (nSPS) is 15.0. The molecule has 0 saturated carbocycles. The Morgan fingerprint density at radius 3 is 2.57 bits per heavy atom. The van der Waals surface area contributed by atoms with E-state index in [1.165, 1.54) is 13.3 Å². The van der Waals surface area contributed by atoms with Gasteiger partial charge in [0.1, 0.15) is 18.2 Å². The first kappa shape index (κ1) is 24.2. The van der Waals surface area contributed by atoms with Crippen molar-refractivity contribution in [3.8, 4) is 11.5 Å². The first-order valence-electron chi connectivity index (χ1n) is 11.6. The summed E-state index contributed by atoms with van der Waals surface area (Å²) in [7, 11) is 3.13. The molecule has 1 aliphatic rings. The van der Waals surface area contributed by atoms with E-state index in [1.54, 1.807) is 24.8 Å². The number of amides is 2. The molecule has 1 aliphatic heterocycles. The SMILES string of the molecule is COc1ccc(C[C@@H](NC(C)=O)C(=O)NC2CCN(c3cc(C)nc4ncnn34)CC2)cc1OC. The minimum atomic E-state index is -0.693. The molecule has 11 nitrogen and oxygen atoms in total. The second-order valence-corrected chi connectivity index (χ2v) is 8.64. The van der Waals surface area contributed by atoms with Crippen molar-refractivity contribution < 1.29 is 19.1 Å². The number of hydrogen-bond acceptors (Lipinski definition) is 8. The van der Waals surface area contributed by atoms with Crippen molar-refractivity contribution in [1.29, 1.82) is 0 Å². The molecule has 1 fully saturated rings. The lowest BCUT2D eigenvalue weighted by Gasteiger charge is -2.34. The molecule has 2 aromatic heterocycles. The molecule has 0 radical (unpaired) electrons. The van der Waals surface area contributed by atoms with Gasteiger partial charge in [-0.1, -0.05) is 6.07 Å². The van der Waals surface area contributed by atoms with E-state index in [9.17, 15) is 9.59 Å². The number of hydrogen-bond donors (Lipinski definition) is 2. The van der Waals surface area contributed by atoms with Crippen molar-refractivity contribution in [3.63, 3.8) is 0 Å². The Bertz CT molecular complexity index is 1200. The molecule has 3 heterocycles. The highest BCUT2D eigenvalue weighted by Gasteiger charge is 2.27. The Morgan fingerprint density at radius 2 is 1.89 bits per heavy atom. The van der Waals surface area contributed by atoms with Gasteiger partial charge < -0.3 is 25.0 Å². The summed E-state index contributed by atoms with van der Waals surface area (Å²) < 4.78 is 12.4. The van der Waals surface area contributed by atoms with E-state index in [0.717, 1.165) is 43.0 Å². The van der Waals surface area contributed by atoms with Gasteiger partial charge >= 0.3 is 0 Å². The number of nitrogens with one attached hydrogen (secondary N) is 2. The molecular formula is C24H31N7O4. The standard InChI is InChI=1S/C24H31N7O4/c1-15-11-22(31-24(27-15)25-14-26-31)30-9-7-18(8-10-30)29-23(33)19(28-16(2)32)12-17-5-6-20(34-3)21(13-17)35-4/h5-6,11,13-14,18-19H,7-10,12H2,1-4H3,(H,28,32)(H,29,33)/t19-/m1/s1. The van der Waals surface area contributed by atoms with Crippen LogP contribution in [-0.4, -0.2) is 70.8 Å². The van der Waals surface area contributed by atoms with Gasteiger partial charge in [0.15, 0.2) is 11.5 Å². The van der Waals surface area contributed by atoms with Crippen molar-refractivity contribution in [3.05, 3.63) is 41.9 Å². The predicted molar refractivity (Wildman–Crippen MR) is 130 cm³/mol. The summed E-state index contributed by atoms with van der Waals surface area (Å²) in [6.07, 6.45) is 3.38. The molecule has 0 aliphatic carbocycles. The van der Waals surface area contributed by atoms with E-state index < -0.39 is 6.04 Å². The highest BCUT2D eigenvalue weighted by molar-refractivity contribution is 5.87. The van der Waals surface area contributed by atoms with E-state index >= 15 is 0 Å². The second kappa shape index (κ2) is 10.6. The second-order valence-electron chi connectivity index (χ2n) is 8.64. The van der Waals surface area contributed by atoms with Crippen molar-refractivity contribution in [2.45, 2.75) is 45.2 Å². The lowest BCUT2D eigenvalue weighted by Crippen LogP contribution is -2.52. The van der Waals surface area contributed by atoms with Gasteiger partial charge in [-0.3, -0.25) is 9.59 Å². The fourth-order valence-electron chi connectivity index (χ4n) is 4.39. The summed E-state index contributed by atoms with van der Waals surface area (Å²) in [4.78, 5) is 35.8. The van der Waals surface area contributed by atoms with E-state index in [4.69, 9.17) is 9.47 Å². The zero-order valence-electron chi connectivity index (χ0n) is 20.4. The molecule has 0 spiro atoms. The fraction of sp³-hybridized carbons (Fsp3) is 0.458. The third-order valence-electron chi connectivity index (χ3n) is 6.11. The Kier molecular flexibility index (Phi) is 7.33. The molecule has 1 saturated heterocycles. The van der Waals surface area contributed by atoms with Gasteiger partial charge in [-0.15, -0.1) is 0 Å². The average molecular weight is 482 g/mol. The number of piperidine rings is 1. The molecule has 1 aromatic carbocycles. The van der Waals surface area contributed by atoms with Crippen LogP contribution in [-0.2, 0) is 16.0 Å². The van der Waals surface area contributed by atoms with Gasteiger partial charge in [0, 0.05) is 44.2 Å². The molecule has 2 amide bonds. The number of rotatable bonds is 8. The molecule has 3 aromatic rings. The first-order valence-corrected chi connectivity index (χ1v) is 11.6. The van der Waals surface area contributed by atoms with Crippen LogP contribution in [0.25, 0.3) is 5.78 Å². The third-order valence-corrected chi connectivity index (χ3v) is 6.11. The molecular weight excluding hydrogens is 450 g/mol. The number of anilines is 1. The van der Waals surface area contributed by atoms with Gasteiger partial charge in [-0.25, -0.2) is 4.98 Å². The minimum absolute atomic E-state index is 0.00887. The molecule has 11 heteroatoms.